The van der Waals surface area contributed by atoms with Crippen molar-refractivity contribution in [3.05, 3.63) is 28.8 Å². The van der Waals surface area contributed by atoms with Gasteiger partial charge in [0.1, 0.15) is 11.8 Å². The van der Waals surface area contributed by atoms with Crippen LogP contribution in [0.3, 0.4) is 0 Å². The zero-order valence-corrected chi connectivity index (χ0v) is 11.7. The fourth-order valence-corrected chi connectivity index (χ4v) is 2.08. The molecule has 4 nitrogen and oxygen atoms in total. The number of hydrogen-bond donors (Lipinski definition) is 1. The van der Waals surface area contributed by atoms with E-state index in [9.17, 15) is 4.79 Å². The second-order valence-corrected chi connectivity index (χ2v) is 4.17. The lowest BCUT2D eigenvalue weighted by molar-refractivity contribution is -0.145. The van der Waals surface area contributed by atoms with Crippen molar-refractivity contribution < 1.29 is 14.3 Å². The molecule has 1 aromatic rings. The first-order valence-electron chi connectivity index (χ1n) is 6.04. The number of carbonyl (C=O) groups is 1. The highest BCUT2D eigenvalue weighted by Gasteiger charge is 2.25. The highest BCUT2D eigenvalue weighted by Crippen LogP contribution is 2.30. The Bertz CT molecular complexity index is 429. The van der Waals surface area contributed by atoms with Gasteiger partial charge in [-0.1, -0.05) is 6.07 Å². The minimum absolute atomic E-state index is 0.287. The number of ether oxygens (including phenoxy) is 2. The zero-order valence-electron chi connectivity index (χ0n) is 11.7. The Hall–Kier alpha value is -1.55. The third-order valence-electron chi connectivity index (χ3n) is 2.81. The molecule has 0 amide bonds. The van der Waals surface area contributed by atoms with Gasteiger partial charge in [-0.3, -0.25) is 0 Å². The molecule has 1 unspecified atom stereocenters. The first-order valence-corrected chi connectivity index (χ1v) is 6.04. The van der Waals surface area contributed by atoms with E-state index in [1.807, 2.05) is 26.0 Å². The van der Waals surface area contributed by atoms with E-state index in [0.717, 1.165) is 16.7 Å². The Morgan fingerprint density at radius 2 is 2.06 bits per heavy atom. The number of aryl methyl sites for hydroxylation is 2. The van der Waals surface area contributed by atoms with Crippen LogP contribution in [-0.4, -0.2) is 26.7 Å². The summed E-state index contributed by atoms with van der Waals surface area (Å²) < 4.78 is 10.4. The molecule has 0 radical (unpaired) electrons. The van der Waals surface area contributed by atoms with Gasteiger partial charge in [0.25, 0.3) is 0 Å². The molecular formula is C14H21NO3. The Morgan fingerprint density at radius 3 is 2.56 bits per heavy atom. The third-order valence-corrected chi connectivity index (χ3v) is 2.81. The molecule has 0 aliphatic heterocycles. The Labute approximate surface area is 108 Å². The average molecular weight is 251 g/mol. The van der Waals surface area contributed by atoms with Crippen molar-refractivity contribution in [1.29, 1.82) is 0 Å². The lowest BCUT2D eigenvalue weighted by Gasteiger charge is -2.20. The topological polar surface area (TPSA) is 47.6 Å². The number of carbonyl (C=O) groups excluding carboxylic acids is 1. The van der Waals surface area contributed by atoms with E-state index < -0.39 is 6.04 Å². The van der Waals surface area contributed by atoms with E-state index in [4.69, 9.17) is 9.47 Å². The Kier molecular flexibility index (Phi) is 5.16. The summed E-state index contributed by atoms with van der Waals surface area (Å²) in [5.41, 5.74) is 2.95. The summed E-state index contributed by atoms with van der Waals surface area (Å²) in [6.45, 7) is 6.13. The minimum Gasteiger partial charge on any atom is -0.496 e. The summed E-state index contributed by atoms with van der Waals surface area (Å²) in [5, 5.41) is 2.98. The van der Waals surface area contributed by atoms with Crippen LogP contribution in [0, 0.1) is 13.8 Å². The number of rotatable bonds is 5. The monoisotopic (exact) mass is 251 g/mol. The number of likely N-dealkylation sites (N-methyl/N-ethyl adjacent to an activating group) is 1. The van der Waals surface area contributed by atoms with E-state index in [1.54, 1.807) is 21.1 Å². The number of nitrogens with one attached hydrogen (secondary N) is 1. The largest absolute Gasteiger partial charge is 0.496 e. The maximum Gasteiger partial charge on any atom is 0.327 e. The van der Waals surface area contributed by atoms with Crippen molar-refractivity contribution in [1.82, 2.24) is 5.32 Å². The molecule has 100 valence electrons. The summed E-state index contributed by atoms with van der Waals surface area (Å²) in [4.78, 5) is 11.9. The van der Waals surface area contributed by atoms with Gasteiger partial charge < -0.3 is 14.8 Å². The first-order chi connectivity index (χ1) is 8.54. The summed E-state index contributed by atoms with van der Waals surface area (Å²) in [5.74, 6) is 0.421. The molecule has 4 heteroatoms. The smallest absolute Gasteiger partial charge is 0.327 e. The molecule has 0 bridgehead atoms. The van der Waals surface area contributed by atoms with Crippen molar-refractivity contribution in [3.63, 3.8) is 0 Å². The molecule has 0 aliphatic carbocycles. The number of esters is 1. The number of methoxy groups -OCH3 is 1. The van der Waals surface area contributed by atoms with Gasteiger partial charge in [0.2, 0.25) is 0 Å². The van der Waals surface area contributed by atoms with Gasteiger partial charge in [-0.2, -0.15) is 0 Å². The van der Waals surface area contributed by atoms with E-state index >= 15 is 0 Å². The molecular weight excluding hydrogens is 230 g/mol. The van der Waals surface area contributed by atoms with E-state index in [2.05, 4.69) is 5.32 Å². The summed E-state index contributed by atoms with van der Waals surface area (Å²) in [7, 11) is 3.34. The van der Waals surface area contributed by atoms with Gasteiger partial charge in [-0.05, 0) is 45.0 Å². The molecule has 0 aliphatic rings. The van der Waals surface area contributed by atoms with Crippen molar-refractivity contribution in [2.75, 3.05) is 20.8 Å². The van der Waals surface area contributed by atoms with Crippen molar-refractivity contribution in [2.24, 2.45) is 0 Å². The molecule has 0 heterocycles. The summed E-state index contributed by atoms with van der Waals surface area (Å²) in [6.07, 6.45) is 0. The van der Waals surface area contributed by atoms with Crippen molar-refractivity contribution in [2.45, 2.75) is 26.8 Å². The quantitative estimate of drug-likeness (QED) is 0.814. The van der Waals surface area contributed by atoms with E-state index in [1.165, 1.54) is 0 Å². The van der Waals surface area contributed by atoms with Crippen LogP contribution in [-0.2, 0) is 9.53 Å². The number of hydrogen-bond acceptors (Lipinski definition) is 4. The van der Waals surface area contributed by atoms with Crippen LogP contribution in [0.15, 0.2) is 12.1 Å². The van der Waals surface area contributed by atoms with Crippen LogP contribution in [0.2, 0.25) is 0 Å². The highest BCUT2D eigenvalue weighted by molar-refractivity contribution is 5.79. The molecule has 0 aromatic heterocycles. The van der Waals surface area contributed by atoms with Gasteiger partial charge in [-0.15, -0.1) is 0 Å². The molecule has 1 rings (SSSR count). The predicted molar refractivity (Wildman–Crippen MR) is 70.9 cm³/mol. The summed E-state index contributed by atoms with van der Waals surface area (Å²) >= 11 is 0. The normalized spacial score (nSPS) is 12.1. The lowest BCUT2D eigenvalue weighted by Crippen LogP contribution is -2.28. The van der Waals surface area contributed by atoms with Gasteiger partial charge >= 0.3 is 5.97 Å². The molecule has 1 atom stereocenters. The Morgan fingerprint density at radius 1 is 1.39 bits per heavy atom. The van der Waals surface area contributed by atoms with Gasteiger partial charge in [0.05, 0.1) is 13.7 Å². The van der Waals surface area contributed by atoms with Gasteiger partial charge in [-0.25, -0.2) is 4.79 Å². The second kappa shape index (κ2) is 6.40. The van der Waals surface area contributed by atoms with Gasteiger partial charge in [0, 0.05) is 5.56 Å². The lowest BCUT2D eigenvalue weighted by atomic mass is 9.98. The molecule has 1 aromatic carbocycles. The third kappa shape index (κ3) is 3.01. The molecule has 0 saturated heterocycles. The summed E-state index contributed by atoms with van der Waals surface area (Å²) in [6, 6.07) is 3.45. The standard InChI is InChI=1S/C14H21NO3/c1-6-18-14(16)13(15-4)12-10(3)7-9(2)8-11(12)17-5/h7-8,13,15H,6H2,1-5H3. The van der Waals surface area contributed by atoms with Crippen LogP contribution < -0.4 is 10.1 Å². The van der Waals surface area contributed by atoms with Crippen LogP contribution >= 0.6 is 0 Å². The van der Waals surface area contributed by atoms with Crippen LogP contribution in [0.1, 0.15) is 29.7 Å². The molecule has 0 spiro atoms. The maximum atomic E-state index is 11.9. The van der Waals surface area contributed by atoms with E-state index in [0.29, 0.717) is 12.4 Å². The average Bonchev–Trinajstić information content (AvgIpc) is 2.32. The predicted octanol–water partition coefficient (Wildman–Crippen LogP) is 2.14. The maximum absolute atomic E-state index is 11.9. The zero-order chi connectivity index (χ0) is 13.7. The second-order valence-electron chi connectivity index (χ2n) is 4.17. The fraction of sp³-hybridized carbons (Fsp3) is 0.500. The number of benzene rings is 1. The van der Waals surface area contributed by atoms with Crippen LogP contribution in [0.4, 0.5) is 0 Å². The SMILES string of the molecule is CCOC(=O)C(NC)c1c(C)cc(C)cc1OC. The molecule has 0 saturated carbocycles. The highest BCUT2D eigenvalue weighted by atomic mass is 16.5. The minimum atomic E-state index is -0.500. The van der Waals surface area contributed by atoms with Crippen molar-refractivity contribution in [3.8, 4) is 5.75 Å². The van der Waals surface area contributed by atoms with Crippen LogP contribution in [0.25, 0.3) is 0 Å². The first kappa shape index (κ1) is 14.5. The molecule has 18 heavy (non-hydrogen) atoms. The fourth-order valence-electron chi connectivity index (χ4n) is 2.08. The molecule has 1 N–H and O–H groups in total. The Balaban J connectivity index is 3.24. The van der Waals surface area contributed by atoms with E-state index in [-0.39, 0.29) is 5.97 Å². The van der Waals surface area contributed by atoms with Crippen molar-refractivity contribution >= 4 is 5.97 Å². The van der Waals surface area contributed by atoms with Gasteiger partial charge in [0.15, 0.2) is 0 Å². The molecule has 0 fully saturated rings. The van der Waals surface area contributed by atoms with Crippen LogP contribution in [0.5, 0.6) is 5.75 Å².